The maximum absolute atomic E-state index is 8.52. The van der Waals surface area contributed by atoms with Crippen molar-refractivity contribution in [1.29, 1.82) is 0 Å². The van der Waals surface area contributed by atoms with E-state index < -0.39 is 10.4 Å². The van der Waals surface area contributed by atoms with E-state index in [1.165, 1.54) is 0 Å². The van der Waals surface area contributed by atoms with Gasteiger partial charge in [0, 0.05) is 10.4 Å². The molecule has 80 valence electrons. The average molecular weight is 375 g/mol. The summed E-state index contributed by atoms with van der Waals surface area (Å²) in [5.74, 6) is 0. The van der Waals surface area contributed by atoms with Gasteiger partial charge >= 0.3 is 116 Å². The molecule has 0 bridgehead atoms. The quantitative estimate of drug-likeness (QED) is 0.294. The normalized spacial score (nSPS) is 4.46. The molecule has 0 aromatic heterocycles. The van der Waals surface area contributed by atoms with E-state index in [4.69, 9.17) is 17.5 Å². The molecule has 0 aromatic rings. The van der Waals surface area contributed by atoms with Crippen molar-refractivity contribution < 1.29 is 167 Å². The molecule has 0 radical (unpaired) electrons. The van der Waals surface area contributed by atoms with Gasteiger partial charge in [-0.25, -0.2) is 0 Å². The molecule has 13 heteroatoms. The molecular formula is H12O10Rb2S. The maximum Gasteiger partial charge on any atom is 1.00 e. The fourth-order valence-electron chi connectivity index (χ4n) is 0. The molecule has 0 aliphatic heterocycles. The zero-order valence-corrected chi connectivity index (χ0v) is 17.7. The predicted octanol–water partition coefficient (Wildman–Crippen LogP) is -12.3. The van der Waals surface area contributed by atoms with Crippen LogP contribution in [0.5, 0.6) is 0 Å². The molecule has 10 nitrogen and oxygen atoms in total. The Labute approximate surface area is 172 Å². The predicted molar refractivity (Wildman–Crippen MR) is 32.2 cm³/mol. The number of hydrogen-bond acceptors (Lipinski definition) is 4. The maximum atomic E-state index is 8.52. The molecule has 0 aliphatic carbocycles. The summed E-state index contributed by atoms with van der Waals surface area (Å²) in [6.07, 6.45) is 0. The minimum atomic E-state index is -5.17. The van der Waals surface area contributed by atoms with Gasteiger partial charge in [-0.15, -0.1) is 0 Å². The van der Waals surface area contributed by atoms with Crippen LogP contribution in [0.4, 0.5) is 0 Å². The third kappa shape index (κ3) is 254. The second kappa shape index (κ2) is 36.2. The molecule has 12 N–H and O–H groups in total. The molecule has 0 unspecified atom stereocenters. The van der Waals surface area contributed by atoms with E-state index in [2.05, 4.69) is 0 Å². The van der Waals surface area contributed by atoms with Gasteiger partial charge in [0.25, 0.3) is 0 Å². The summed E-state index contributed by atoms with van der Waals surface area (Å²) < 4.78 is 34.1. The molecule has 0 saturated heterocycles. The van der Waals surface area contributed by atoms with Crippen LogP contribution in [-0.2, 0) is 10.4 Å². The molecule has 0 heterocycles. The van der Waals surface area contributed by atoms with Gasteiger partial charge in [0.05, 0.1) is 0 Å². The third-order valence-corrected chi connectivity index (χ3v) is 0. The topological polar surface area (TPSA) is 269 Å². The van der Waals surface area contributed by atoms with Gasteiger partial charge in [-0.05, 0) is 0 Å². The first kappa shape index (κ1) is 72.0. The standard InChI is InChI=1S/H2O4S.6H2O.2Rb/c1-5(2,3)4;;;;;;;;/h(H2,1,2,3,4);6*1H2;;/q;;;;;;;2*+1/p-2. The summed E-state index contributed by atoms with van der Waals surface area (Å²) in [6, 6.07) is 0. The van der Waals surface area contributed by atoms with Gasteiger partial charge in [0.2, 0.25) is 0 Å². The van der Waals surface area contributed by atoms with Crippen molar-refractivity contribution in [2.45, 2.75) is 0 Å². The SMILES string of the molecule is O.O.O.O.O.O.O=S(=O)([O-])[O-].[Rb+].[Rb+]. The van der Waals surface area contributed by atoms with Crippen LogP contribution in [0.15, 0.2) is 0 Å². The molecule has 0 spiro atoms. The molecule has 0 atom stereocenters. The van der Waals surface area contributed by atoms with Crippen LogP contribution in [-0.4, -0.2) is 50.4 Å². The van der Waals surface area contributed by atoms with Crippen LogP contribution in [0.3, 0.4) is 0 Å². The Morgan fingerprint density at radius 2 is 0.615 bits per heavy atom. The second-order valence-electron chi connectivity index (χ2n) is 0.408. The van der Waals surface area contributed by atoms with Crippen LogP contribution >= 0.6 is 0 Å². The second-order valence-corrected chi connectivity index (χ2v) is 1.22. The van der Waals surface area contributed by atoms with Crippen LogP contribution in [0.2, 0.25) is 0 Å². The van der Waals surface area contributed by atoms with Crippen LogP contribution in [0.1, 0.15) is 0 Å². The van der Waals surface area contributed by atoms with E-state index in [-0.39, 0.29) is 149 Å². The van der Waals surface area contributed by atoms with Crippen LogP contribution in [0, 0.1) is 0 Å². The Morgan fingerprint density at radius 3 is 0.615 bits per heavy atom. The molecule has 13 heavy (non-hydrogen) atoms. The van der Waals surface area contributed by atoms with Crippen molar-refractivity contribution in [1.82, 2.24) is 0 Å². The molecule has 0 aliphatic rings. The number of rotatable bonds is 0. The Kier molecular flexibility index (Phi) is 200. The summed E-state index contributed by atoms with van der Waals surface area (Å²) in [6.45, 7) is 0. The van der Waals surface area contributed by atoms with Crippen molar-refractivity contribution in [3.8, 4) is 0 Å². The minimum Gasteiger partial charge on any atom is -0.759 e. The Bertz CT molecular complexity index is 96.1. The molecule has 0 saturated carbocycles. The molecular weight excluding hydrogens is 363 g/mol. The summed E-state index contributed by atoms with van der Waals surface area (Å²) in [4.78, 5) is 0. The Morgan fingerprint density at radius 1 is 0.615 bits per heavy atom. The van der Waals surface area contributed by atoms with Crippen molar-refractivity contribution in [2.75, 3.05) is 0 Å². The fraction of sp³-hybridized carbons (Fsp3) is 0. The Balaban J connectivity index is -0.00000000286. The van der Waals surface area contributed by atoms with Gasteiger partial charge in [0.15, 0.2) is 0 Å². The first-order valence-electron chi connectivity index (χ1n) is 0.667. The van der Waals surface area contributed by atoms with Gasteiger partial charge < -0.3 is 42.0 Å². The van der Waals surface area contributed by atoms with E-state index in [1.807, 2.05) is 0 Å². The molecule has 0 aromatic carbocycles. The van der Waals surface area contributed by atoms with Crippen molar-refractivity contribution in [2.24, 2.45) is 0 Å². The Hall–Kier alpha value is 3.24. The zero-order valence-electron chi connectivity index (χ0n) is 7.04. The third-order valence-electron chi connectivity index (χ3n) is 0. The summed E-state index contributed by atoms with van der Waals surface area (Å²) in [5.41, 5.74) is 0. The van der Waals surface area contributed by atoms with Gasteiger partial charge in [-0.2, -0.15) is 0 Å². The summed E-state index contributed by atoms with van der Waals surface area (Å²) >= 11 is 0. The zero-order chi connectivity index (χ0) is 4.50. The average Bonchev–Trinajstić information content (AvgIpc) is 0.722. The van der Waals surface area contributed by atoms with Crippen LogP contribution < -0.4 is 116 Å². The molecule has 0 rings (SSSR count). The van der Waals surface area contributed by atoms with Crippen molar-refractivity contribution >= 4 is 10.4 Å². The van der Waals surface area contributed by atoms with E-state index in [0.29, 0.717) is 0 Å². The number of hydrogen-bond donors (Lipinski definition) is 0. The van der Waals surface area contributed by atoms with Gasteiger partial charge in [-0.1, -0.05) is 0 Å². The monoisotopic (exact) mass is 374 g/mol. The van der Waals surface area contributed by atoms with Gasteiger partial charge in [0.1, 0.15) is 0 Å². The summed E-state index contributed by atoms with van der Waals surface area (Å²) in [7, 11) is -5.17. The minimum absolute atomic E-state index is 0. The molecule has 0 amide bonds. The first-order chi connectivity index (χ1) is 2.00. The smallest absolute Gasteiger partial charge is 0.759 e. The molecule has 0 fully saturated rings. The largest absolute Gasteiger partial charge is 1.00 e. The van der Waals surface area contributed by atoms with Gasteiger partial charge in [-0.3, -0.25) is 8.42 Å². The van der Waals surface area contributed by atoms with Crippen molar-refractivity contribution in [3.63, 3.8) is 0 Å². The summed E-state index contributed by atoms with van der Waals surface area (Å²) in [5, 5.41) is 0. The van der Waals surface area contributed by atoms with E-state index in [0.717, 1.165) is 0 Å². The van der Waals surface area contributed by atoms with E-state index in [1.54, 1.807) is 0 Å². The van der Waals surface area contributed by atoms with Crippen molar-refractivity contribution in [3.05, 3.63) is 0 Å². The van der Waals surface area contributed by atoms with Crippen LogP contribution in [0.25, 0.3) is 0 Å². The first-order valence-corrected chi connectivity index (χ1v) is 2.00. The van der Waals surface area contributed by atoms with E-state index >= 15 is 0 Å². The van der Waals surface area contributed by atoms with E-state index in [9.17, 15) is 0 Å². The fourth-order valence-corrected chi connectivity index (χ4v) is 0.